The summed E-state index contributed by atoms with van der Waals surface area (Å²) >= 11 is 0. The second-order valence-electron chi connectivity index (χ2n) is 4.92. The van der Waals surface area contributed by atoms with Gasteiger partial charge in [-0.25, -0.2) is 13.1 Å². The molecule has 0 aliphatic carbocycles. The monoisotopic (exact) mass is 272 g/mol. The third kappa shape index (κ3) is 5.03. The van der Waals surface area contributed by atoms with Crippen LogP contribution in [0.1, 0.15) is 19.4 Å². The van der Waals surface area contributed by atoms with E-state index in [1.165, 1.54) is 7.11 Å². The van der Waals surface area contributed by atoms with E-state index in [1.807, 2.05) is 0 Å². The molecule has 0 spiro atoms. The van der Waals surface area contributed by atoms with Gasteiger partial charge in [-0.3, -0.25) is 0 Å². The van der Waals surface area contributed by atoms with Crippen LogP contribution in [-0.2, 0) is 20.5 Å². The molecule has 1 aromatic carbocycles. The van der Waals surface area contributed by atoms with Crippen molar-refractivity contribution in [2.45, 2.75) is 25.1 Å². The van der Waals surface area contributed by atoms with Crippen molar-refractivity contribution < 1.29 is 13.2 Å². The van der Waals surface area contributed by atoms with Gasteiger partial charge >= 0.3 is 0 Å². The third-order valence-electron chi connectivity index (χ3n) is 2.24. The molecule has 0 radical (unpaired) electrons. The maximum atomic E-state index is 12.0. The summed E-state index contributed by atoms with van der Waals surface area (Å²) in [6.07, 6.45) is 0. The highest BCUT2D eigenvalue weighted by Crippen LogP contribution is 2.12. The maximum Gasteiger partial charge on any atom is 0.216 e. The standard InChI is InChI=1S/C12H20N2O3S/c1-12(2,9-17-3)14-18(15,16)8-10-5-4-6-11(13)7-10/h4-7,14H,8-9,13H2,1-3H3. The molecule has 0 fully saturated rings. The van der Waals surface area contributed by atoms with Gasteiger partial charge in [-0.2, -0.15) is 0 Å². The van der Waals surface area contributed by atoms with Gasteiger partial charge in [0.15, 0.2) is 0 Å². The number of ether oxygens (including phenoxy) is 1. The molecule has 0 unspecified atom stereocenters. The molecule has 0 amide bonds. The van der Waals surface area contributed by atoms with Crippen molar-refractivity contribution in [3.63, 3.8) is 0 Å². The molecule has 0 heterocycles. The molecule has 0 saturated carbocycles. The summed E-state index contributed by atoms with van der Waals surface area (Å²) in [4.78, 5) is 0. The highest BCUT2D eigenvalue weighted by Gasteiger charge is 2.24. The molecule has 0 saturated heterocycles. The van der Waals surface area contributed by atoms with Crippen molar-refractivity contribution >= 4 is 15.7 Å². The Morgan fingerprint density at radius 3 is 2.61 bits per heavy atom. The molecule has 0 aromatic heterocycles. The van der Waals surface area contributed by atoms with E-state index in [4.69, 9.17) is 10.5 Å². The van der Waals surface area contributed by atoms with Gasteiger partial charge in [-0.15, -0.1) is 0 Å². The number of hydrogen-bond donors (Lipinski definition) is 2. The SMILES string of the molecule is COCC(C)(C)NS(=O)(=O)Cc1cccc(N)c1. The summed E-state index contributed by atoms with van der Waals surface area (Å²) < 4.78 is 31.6. The quantitative estimate of drug-likeness (QED) is 0.760. The molecule has 0 atom stereocenters. The van der Waals surface area contributed by atoms with Crippen LogP contribution >= 0.6 is 0 Å². The normalized spacial score (nSPS) is 12.6. The molecular formula is C12H20N2O3S. The smallest absolute Gasteiger partial charge is 0.216 e. The van der Waals surface area contributed by atoms with Crippen LogP contribution in [0, 0.1) is 0 Å². The molecule has 1 aromatic rings. The molecule has 1 rings (SSSR count). The van der Waals surface area contributed by atoms with E-state index in [0.29, 0.717) is 17.9 Å². The number of nitrogens with one attached hydrogen (secondary N) is 1. The van der Waals surface area contributed by atoms with Crippen molar-refractivity contribution in [2.24, 2.45) is 0 Å². The zero-order valence-corrected chi connectivity index (χ0v) is 11.8. The maximum absolute atomic E-state index is 12.0. The Morgan fingerprint density at radius 2 is 2.06 bits per heavy atom. The van der Waals surface area contributed by atoms with E-state index in [-0.39, 0.29) is 5.75 Å². The lowest BCUT2D eigenvalue weighted by molar-refractivity contribution is 0.141. The molecule has 6 heteroatoms. The largest absolute Gasteiger partial charge is 0.399 e. The average Bonchev–Trinajstić information content (AvgIpc) is 2.13. The lowest BCUT2D eigenvalue weighted by atomic mass is 10.1. The molecule has 5 nitrogen and oxygen atoms in total. The Morgan fingerprint density at radius 1 is 1.39 bits per heavy atom. The van der Waals surface area contributed by atoms with Gasteiger partial charge < -0.3 is 10.5 Å². The zero-order valence-electron chi connectivity index (χ0n) is 10.9. The predicted molar refractivity (Wildman–Crippen MR) is 72.6 cm³/mol. The second-order valence-corrected chi connectivity index (χ2v) is 6.65. The summed E-state index contributed by atoms with van der Waals surface area (Å²) in [5, 5.41) is 0. The first-order chi connectivity index (χ1) is 8.24. The van der Waals surface area contributed by atoms with E-state index < -0.39 is 15.6 Å². The lowest BCUT2D eigenvalue weighted by Gasteiger charge is -2.24. The number of sulfonamides is 1. The van der Waals surface area contributed by atoms with Gasteiger partial charge in [0.05, 0.1) is 17.9 Å². The third-order valence-corrected chi connectivity index (χ3v) is 3.82. The average molecular weight is 272 g/mol. The zero-order chi connectivity index (χ0) is 13.8. The first-order valence-corrected chi connectivity index (χ1v) is 7.24. The molecule has 0 aliphatic rings. The predicted octanol–water partition coefficient (Wildman–Crippen LogP) is 1.11. The van der Waals surface area contributed by atoms with Gasteiger partial charge in [0.25, 0.3) is 0 Å². The fraction of sp³-hybridized carbons (Fsp3) is 0.500. The number of benzene rings is 1. The van der Waals surface area contributed by atoms with E-state index in [9.17, 15) is 8.42 Å². The van der Waals surface area contributed by atoms with E-state index >= 15 is 0 Å². The lowest BCUT2D eigenvalue weighted by Crippen LogP contribution is -2.47. The molecule has 0 bridgehead atoms. The first kappa shape index (κ1) is 14.9. The Bertz CT molecular complexity index is 498. The summed E-state index contributed by atoms with van der Waals surface area (Å²) in [6.45, 7) is 3.85. The number of anilines is 1. The molecular weight excluding hydrogens is 252 g/mol. The van der Waals surface area contributed by atoms with Gasteiger partial charge in [-0.1, -0.05) is 12.1 Å². The van der Waals surface area contributed by atoms with Crippen molar-refractivity contribution in [2.75, 3.05) is 19.5 Å². The summed E-state index contributed by atoms with van der Waals surface area (Å²) in [6, 6.07) is 6.85. The van der Waals surface area contributed by atoms with Gasteiger partial charge in [0.1, 0.15) is 0 Å². The molecule has 0 aliphatic heterocycles. The van der Waals surface area contributed by atoms with Crippen molar-refractivity contribution in [1.29, 1.82) is 0 Å². The van der Waals surface area contributed by atoms with Crippen LogP contribution in [0.3, 0.4) is 0 Å². The van der Waals surface area contributed by atoms with Crippen molar-refractivity contribution in [3.8, 4) is 0 Å². The van der Waals surface area contributed by atoms with Crippen molar-refractivity contribution in [3.05, 3.63) is 29.8 Å². The fourth-order valence-electron chi connectivity index (χ4n) is 1.75. The van der Waals surface area contributed by atoms with E-state index in [1.54, 1.807) is 38.1 Å². The minimum atomic E-state index is -3.42. The fourth-order valence-corrected chi connectivity index (χ4v) is 3.34. The summed E-state index contributed by atoms with van der Waals surface area (Å²) in [7, 11) is -1.88. The van der Waals surface area contributed by atoms with Crippen LogP contribution in [0.2, 0.25) is 0 Å². The second kappa shape index (κ2) is 5.69. The number of hydrogen-bond acceptors (Lipinski definition) is 4. The first-order valence-electron chi connectivity index (χ1n) is 5.59. The van der Waals surface area contributed by atoms with Gasteiger partial charge in [0.2, 0.25) is 10.0 Å². The highest BCUT2D eigenvalue weighted by atomic mass is 32.2. The van der Waals surface area contributed by atoms with Crippen LogP contribution in [0.15, 0.2) is 24.3 Å². The minimum Gasteiger partial charge on any atom is -0.399 e. The molecule has 18 heavy (non-hydrogen) atoms. The highest BCUT2D eigenvalue weighted by molar-refractivity contribution is 7.88. The van der Waals surface area contributed by atoms with Crippen LogP contribution in [0.5, 0.6) is 0 Å². The number of methoxy groups -OCH3 is 1. The Balaban J connectivity index is 2.77. The Labute approximate surface area is 108 Å². The summed E-state index contributed by atoms with van der Waals surface area (Å²) in [5.74, 6) is -0.0921. The van der Waals surface area contributed by atoms with Crippen LogP contribution in [0.4, 0.5) is 5.69 Å². The van der Waals surface area contributed by atoms with Crippen molar-refractivity contribution in [1.82, 2.24) is 4.72 Å². The van der Waals surface area contributed by atoms with Gasteiger partial charge in [-0.05, 0) is 31.5 Å². The van der Waals surface area contributed by atoms with Crippen LogP contribution < -0.4 is 10.5 Å². The topological polar surface area (TPSA) is 81.4 Å². The van der Waals surface area contributed by atoms with Crippen LogP contribution in [0.25, 0.3) is 0 Å². The van der Waals surface area contributed by atoms with Gasteiger partial charge in [0, 0.05) is 12.8 Å². The molecule has 102 valence electrons. The summed E-state index contributed by atoms with van der Waals surface area (Å²) in [5.41, 5.74) is 6.20. The van der Waals surface area contributed by atoms with Crippen LogP contribution in [-0.4, -0.2) is 27.7 Å². The number of rotatable bonds is 6. The van der Waals surface area contributed by atoms with E-state index in [0.717, 1.165) is 0 Å². The van der Waals surface area contributed by atoms with E-state index in [2.05, 4.69) is 4.72 Å². The Hall–Kier alpha value is -1.11. The minimum absolute atomic E-state index is 0.0921. The number of nitrogen functional groups attached to an aromatic ring is 1. The Kier molecular flexibility index (Phi) is 4.72. The molecule has 3 N–H and O–H groups in total. The number of nitrogens with two attached hydrogens (primary N) is 1.